The Morgan fingerprint density at radius 1 is 1.15 bits per heavy atom. The number of nitrogens with zero attached hydrogens (tertiary/aromatic N) is 1. The quantitative estimate of drug-likeness (QED) is 0.529. The van der Waals surface area contributed by atoms with Gasteiger partial charge < -0.3 is 20.3 Å². The molecular weight excluding hydrogens is 492 g/mol. The third-order valence-corrected chi connectivity index (χ3v) is 6.80. The van der Waals surface area contributed by atoms with Crippen LogP contribution in [-0.4, -0.2) is 35.3 Å². The number of amides is 1. The minimum Gasteiger partial charge on any atom is -0.444 e. The van der Waals surface area contributed by atoms with E-state index in [1.54, 1.807) is 35.4 Å². The minimum atomic E-state index is -3.06. The molecule has 2 aromatic carbocycles. The van der Waals surface area contributed by atoms with Gasteiger partial charge in [-0.25, -0.2) is 4.79 Å². The summed E-state index contributed by atoms with van der Waals surface area (Å²) in [5, 5.41) is 6.69. The van der Waals surface area contributed by atoms with Crippen LogP contribution in [0.15, 0.2) is 47.1 Å². The Labute approximate surface area is 200 Å². The Bertz CT molecular complexity index is 1160. The Kier molecular flexibility index (Phi) is 5.19. The van der Waals surface area contributed by atoms with Gasteiger partial charge in [-0.15, -0.1) is 0 Å². The highest BCUT2D eigenvalue weighted by Gasteiger charge is 2.45. The lowest BCUT2D eigenvalue weighted by atomic mass is 10.0. The fraction of sp³-hybridized carbons (Fsp3) is 0.400. The Morgan fingerprint density at radius 2 is 1.85 bits per heavy atom. The van der Waals surface area contributed by atoms with E-state index in [4.69, 9.17) is 4.74 Å². The number of halogens is 3. The van der Waals surface area contributed by atoms with Gasteiger partial charge in [0.2, 0.25) is 0 Å². The Balaban J connectivity index is 1.35. The monoisotopic (exact) mass is 517 g/mol. The molecule has 1 saturated heterocycles. The van der Waals surface area contributed by atoms with Crippen molar-refractivity contribution in [2.75, 3.05) is 6.54 Å². The SMILES string of the molecule is CC(C)(C)OC(=O)N1CCCC1C1NC=C(c2ccc3c(c2)C(F)(F)c2cc(Br)ccc2-3)N1. The molecule has 0 spiro atoms. The number of benzene rings is 2. The van der Waals surface area contributed by atoms with Crippen LogP contribution in [0, 0.1) is 0 Å². The maximum atomic E-state index is 15.2. The average Bonchev–Trinajstić information content (AvgIpc) is 3.45. The predicted molar refractivity (Wildman–Crippen MR) is 127 cm³/mol. The van der Waals surface area contributed by atoms with Crippen molar-refractivity contribution in [3.63, 3.8) is 0 Å². The second-order valence-electron chi connectivity index (χ2n) is 9.75. The van der Waals surface area contributed by atoms with Gasteiger partial charge in [0, 0.05) is 28.3 Å². The number of likely N-dealkylation sites (tertiary alicyclic amines) is 1. The molecule has 5 rings (SSSR count). The lowest BCUT2D eigenvalue weighted by molar-refractivity contribution is 0.0196. The predicted octanol–water partition coefficient (Wildman–Crippen LogP) is 5.79. The highest BCUT2D eigenvalue weighted by Crippen LogP contribution is 2.52. The molecule has 0 bridgehead atoms. The van der Waals surface area contributed by atoms with Crippen molar-refractivity contribution in [1.82, 2.24) is 15.5 Å². The van der Waals surface area contributed by atoms with Gasteiger partial charge >= 0.3 is 6.09 Å². The van der Waals surface area contributed by atoms with Crippen LogP contribution in [0.4, 0.5) is 13.6 Å². The molecule has 0 aromatic heterocycles. The number of hydrogen-bond donors (Lipinski definition) is 2. The normalized spacial score (nSPS) is 22.8. The van der Waals surface area contributed by atoms with Gasteiger partial charge in [-0.05, 0) is 68.5 Å². The molecule has 8 heteroatoms. The fourth-order valence-electron chi connectivity index (χ4n) is 4.85. The van der Waals surface area contributed by atoms with E-state index in [-0.39, 0.29) is 29.4 Å². The van der Waals surface area contributed by atoms with Gasteiger partial charge in [0.25, 0.3) is 5.92 Å². The van der Waals surface area contributed by atoms with Crippen molar-refractivity contribution < 1.29 is 18.3 Å². The summed E-state index contributed by atoms with van der Waals surface area (Å²) in [6, 6.07) is 10.1. The van der Waals surface area contributed by atoms with Crippen molar-refractivity contribution in [3.8, 4) is 11.1 Å². The molecule has 3 aliphatic rings. The topological polar surface area (TPSA) is 53.6 Å². The van der Waals surface area contributed by atoms with Gasteiger partial charge in [-0.1, -0.05) is 34.1 Å². The summed E-state index contributed by atoms with van der Waals surface area (Å²) in [5.41, 5.74) is 1.99. The lowest BCUT2D eigenvalue weighted by Gasteiger charge is -2.32. The summed E-state index contributed by atoms with van der Waals surface area (Å²) < 4.78 is 36.7. The van der Waals surface area contributed by atoms with Gasteiger partial charge in [-0.2, -0.15) is 8.78 Å². The zero-order chi connectivity index (χ0) is 23.5. The maximum Gasteiger partial charge on any atom is 0.410 e. The van der Waals surface area contributed by atoms with Crippen LogP contribution in [-0.2, 0) is 10.7 Å². The van der Waals surface area contributed by atoms with Crippen LogP contribution < -0.4 is 10.6 Å². The number of nitrogens with one attached hydrogen (secondary N) is 2. The molecule has 1 amide bonds. The number of fused-ring (bicyclic) bond motifs is 3. The van der Waals surface area contributed by atoms with E-state index in [0.717, 1.165) is 18.5 Å². The van der Waals surface area contributed by atoms with Gasteiger partial charge in [0.1, 0.15) is 11.8 Å². The molecule has 0 radical (unpaired) electrons. The van der Waals surface area contributed by atoms with Crippen molar-refractivity contribution in [1.29, 1.82) is 0 Å². The van der Waals surface area contributed by atoms with Crippen molar-refractivity contribution >= 4 is 27.7 Å². The molecule has 33 heavy (non-hydrogen) atoms. The second-order valence-corrected chi connectivity index (χ2v) is 10.7. The van der Waals surface area contributed by atoms with Crippen LogP contribution in [0.1, 0.15) is 50.3 Å². The van der Waals surface area contributed by atoms with E-state index in [2.05, 4.69) is 26.6 Å². The van der Waals surface area contributed by atoms with Crippen molar-refractivity contribution in [3.05, 3.63) is 63.8 Å². The first-order valence-electron chi connectivity index (χ1n) is 11.1. The number of alkyl halides is 2. The molecule has 174 valence electrons. The molecule has 1 aliphatic carbocycles. The fourth-order valence-corrected chi connectivity index (χ4v) is 5.21. The van der Waals surface area contributed by atoms with E-state index >= 15 is 8.78 Å². The first-order chi connectivity index (χ1) is 15.5. The summed E-state index contributed by atoms with van der Waals surface area (Å²) in [7, 11) is 0. The molecule has 2 heterocycles. The highest BCUT2D eigenvalue weighted by atomic mass is 79.9. The average molecular weight is 518 g/mol. The standard InChI is InChI=1S/C25H26BrF2N3O2/c1-24(2,3)33-23(32)31-10-4-5-21(31)22-29-13-20(30-22)14-6-8-16-17-9-7-15(26)12-19(17)25(27,28)18(16)11-14/h6-9,11-13,21-22,29-30H,4-5,10H2,1-3H3. The molecule has 2 N–H and O–H groups in total. The highest BCUT2D eigenvalue weighted by molar-refractivity contribution is 9.10. The molecule has 2 aliphatic heterocycles. The van der Waals surface area contributed by atoms with E-state index < -0.39 is 11.5 Å². The zero-order valence-corrected chi connectivity index (χ0v) is 20.3. The molecular formula is C25H26BrF2N3O2. The largest absolute Gasteiger partial charge is 0.444 e. The Hall–Kier alpha value is -2.61. The molecule has 2 atom stereocenters. The van der Waals surface area contributed by atoms with Crippen LogP contribution in [0.25, 0.3) is 16.8 Å². The zero-order valence-electron chi connectivity index (χ0n) is 18.7. The molecule has 2 aromatic rings. The van der Waals surface area contributed by atoms with Crippen molar-refractivity contribution in [2.45, 2.75) is 57.3 Å². The third kappa shape index (κ3) is 3.88. The van der Waals surface area contributed by atoms with Gasteiger partial charge in [-0.3, -0.25) is 0 Å². The van der Waals surface area contributed by atoms with Gasteiger partial charge in [0.15, 0.2) is 0 Å². The summed E-state index contributed by atoms with van der Waals surface area (Å²) in [6.45, 7) is 6.18. The number of carbonyl (C=O) groups excluding carboxylic acids is 1. The molecule has 1 fully saturated rings. The van der Waals surface area contributed by atoms with Crippen molar-refractivity contribution in [2.24, 2.45) is 0 Å². The number of carbonyl (C=O) groups is 1. The lowest BCUT2D eigenvalue weighted by Crippen LogP contribution is -2.52. The number of rotatable bonds is 2. The number of hydrogen-bond acceptors (Lipinski definition) is 4. The maximum absolute atomic E-state index is 15.2. The van der Waals surface area contributed by atoms with E-state index in [1.165, 1.54) is 6.07 Å². The minimum absolute atomic E-state index is 0.00972. The first kappa shape index (κ1) is 22.2. The summed E-state index contributed by atoms with van der Waals surface area (Å²) in [4.78, 5) is 14.4. The summed E-state index contributed by atoms with van der Waals surface area (Å²) >= 11 is 3.30. The van der Waals surface area contributed by atoms with Crippen LogP contribution in [0.3, 0.4) is 0 Å². The van der Waals surface area contributed by atoms with Crippen LogP contribution in [0.5, 0.6) is 0 Å². The van der Waals surface area contributed by atoms with E-state index in [0.29, 0.717) is 27.7 Å². The summed E-state index contributed by atoms with van der Waals surface area (Å²) in [6.07, 6.45) is 2.98. The number of ether oxygens (including phenoxy) is 1. The van der Waals surface area contributed by atoms with Crippen LogP contribution in [0.2, 0.25) is 0 Å². The second kappa shape index (κ2) is 7.72. The first-order valence-corrected chi connectivity index (χ1v) is 11.9. The molecule has 0 saturated carbocycles. The molecule has 5 nitrogen and oxygen atoms in total. The van der Waals surface area contributed by atoms with Gasteiger partial charge in [0.05, 0.1) is 11.7 Å². The van der Waals surface area contributed by atoms with Crippen LogP contribution >= 0.6 is 15.9 Å². The van der Waals surface area contributed by atoms with E-state index in [1.807, 2.05) is 26.8 Å². The van der Waals surface area contributed by atoms with E-state index in [9.17, 15) is 4.79 Å². The third-order valence-electron chi connectivity index (χ3n) is 6.31. The summed E-state index contributed by atoms with van der Waals surface area (Å²) in [5.74, 6) is -3.06. The smallest absolute Gasteiger partial charge is 0.410 e. The molecule has 2 unspecified atom stereocenters. The Morgan fingerprint density at radius 3 is 2.58 bits per heavy atom.